The fourth-order valence-corrected chi connectivity index (χ4v) is 4.31. The van der Waals surface area contributed by atoms with Crippen LogP contribution in [0.5, 0.6) is 0 Å². The minimum absolute atomic E-state index is 0.144. The number of carbonyl (C=O) groups is 4. The van der Waals surface area contributed by atoms with Gasteiger partial charge in [-0.2, -0.15) is 5.01 Å². The first-order valence-electron chi connectivity index (χ1n) is 12.7. The Morgan fingerprint density at radius 3 is 1.80 bits per heavy atom. The van der Waals surface area contributed by atoms with Gasteiger partial charge in [0, 0.05) is 29.4 Å². The molecule has 5 rings (SSSR count). The van der Waals surface area contributed by atoms with E-state index in [1.807, 2.05) is 6.07 Å². The summed E-state index contributed by atoms with van der Waals surface area (Å²) in [7, 11) is 0. The van der Waals surface area contributed by atoms with Crippen molar-refractivity contribution in [1.29, 1.82) is 0 Å². The lowest BCUT2D eigenvalue weighted by Gasteiger charge is -2.31. The van der Waals surface area contributed by atoms with Crippen LogP contribution in [0.1, 0.15) is 27.6 Å². The molecule has 4 aromatic carbocycles. The van der Waals surface area contributed by atoms with Gasteiger partial charge in [-0.3, -0.25) is 19.2 Å². The molecule has 0 spiro atoms. The number of hydrogen-bond donors (Lipinski definition) is 4. The minimum atomic E-state index is -1.93. The molecular weight excluding hydrogens is 520 g/mol. The zero-order valence-corrected chi connectivity index (χ0v) is 22.0. The summed E-state index contributed by atoms with van der Waals surface area (Å²) >= 11 is 0. The number of hydrazone groups is 1. The minimum Gasteiger partial charge on any atom is -0.348 e. The van der Waals surface area contributed by atoms with Crippen LogP contribution in [0.4, 0.5) is 17.1 Å². The van der Waals surface area contributed by atoms with Crippen molar-refractivity contribution in [2.75, 3.05) is 15.6 Å². The fraction of sp³-hybridized carbons (Fsp3) is 0.0645. The van der Waals surface area contributed by atoms with Crippen molar-refractivity contribution in [1.82, 2.24) is 10.6 Å². The molecule has 4 amide bonds. The molecule has 0 bridgehead atoms. The lowest BCUT2D eigenvalue weighted by molar-refractivity contribution is -0.127. The Balaban J connectivity index is 1.48. The van der Waals surface area contributed by atoms with E-state index in [1.165, 1.54) is 19.1 Å². The molecule has 10 nitrogen and oxygen atoms in total. The lowest BCUT2D eigenvalue weighted by Crippen LogP contribution is -2.67. The summed E-state index contributed by atoms with van der Waals surface area (Å²) in [5.41, 5.74) is 0.0279. The number of nitrogens with one attached hydrogen (secondary N) is 4. The zero-order valence-electron chi connectivity index (χ0n) is 22.0. The van der Waals surface area contributed by atoms with Gasteiger partial charge in [-0.1, -0.05) is 60.7 Å². The smallest absolute Gasteiger partial charge is 0.302 e. The van der Waals surface area contributed by atoms with Crippen LogP contribution in [0.2, 0.25) is 0 Å². The number of rotatable bonds is 7. The zero-order chi connectivity index (χ0) is 28.8. The summed E-state index contributed by atoms with van der Waals surface area (Å²) in [5.74, 6) is -2.33. The second kappa shape index (κ2) is 11.5. The maximum Gasteiger partial charge on any atom is 0.302 e. The van der Waals surface area contributed by atoms with Crippen molar-refractivity contribution in [3.05, 3.63) is 126 Å². The predicted molar refractivity (Wildman–Crippen MR) is 156 cm³/mol. The number of para-hydroxylation sites is 3. The van der Waals surface area contributed by atoms with Crippen molar-refractivity contribution in [3.63, 3.8) is 0 Å². The molecule has 1 unspecified atom stereocenters. The third-order valence-corrected chi connectivity index (χ3v) is 6.19. The number of anilines is 3. The van der Waals surface area contributed by atoms with Crippen LogP contribution in [0.25, 0.3) is 0 Å². The Bertz CT molecular complexity index is 1630. The quantitative estimate of drug-likeness (QED) is 0.261. The van der Waals surface area contributed by atoms with Gasteiger partial charge in [0.25, 0.3) is 17.5 Å². The molecule has 0 aromatic heterocycles. The van der Waals surface area contributed by atoms with Crippen LogP contribution in [0, 0.1) is 0 Å². The van der Waals surface area contributed by atoms with Crippen LogP contribution >= 0.6 is 0 Å². The fourth-order valence-electron chi connectivity index (χ4n) is 4.31. The van der Waals surface area contributed by atoms with E-state index in [1.54, 1.807) is 97.1 Å². The first-order chi connectivity index (χ1) is 19.9. The molecule has 1 aliphatic rings. The SMILES string of the molecule is CC(=O)NC1(Nc2ccccc2)C(=O)N(c2ccccc2)N=C1NC(=O)c1cccc(C(=O)Nc2ccccc2)c1. The maximum atomic E-state index is 13.9. The Hall–Kier alpha value is -5.77. The topological polar surface area (TPSA) is 132 Å². The number of carbonyl (C=O) groups excluding carboxylic acids is 4. The summed E-state index contributed by atoms with van der Waals surface area (Å²) in [6.07, 6.45) is 0. The molecule has 0 aliphatic carbocycles. The average molecular weight is 547 g/mol. The van der Waals surface area contributed by atoms with E-state index in [0.29, 0.717) is 17.1 Å². The molecule has 204 valence electrons. The third kappa shape index (κ3) is 5.81. The molecule has 1 heterocycles. The van der Waals surface area contributed by atoms with Gasteiger partial charge in [0.05, 0.1) is 5.69 Å². The Labute approximate surface area is 236 Å². The van der Waals surface area contributed by atoms with Crippen LogP contribution < -0.4 is 26.3 Å². The molecule has 0 saturated heterocycles. The van der Waals surface area contributed by atoms with Gasteiger partial charge in [-0.25, -0.2) is 0 Å². The van der Waals surface area contributed by atoms with Gasteiger partial charge >= 0.3 is 5.91 Å². The first-order valence-corrected chi connectivity index (χ1v) is 12.7. The van der Waals surface area contributed by atoms with Crippen LogP contribution in [0.15, 0.2) is 120 Å². The van der Waals surface area contributed by atoms with Crippen molar-refractivity contribution < 1.29 is 19.2 Å². The summed E-state index contributed by atoms with van der Waals surface area (Å²) in [4.78, 5) is 52.7. The molecule has 0 saturated carbocycles. The Morgan fingerprint density at radius 1 is 0.683 bits per heavy atom. The van der Waals surface area contributed by atoms with Gasteiger partial charge in [0.15, 0.2) is 5.84 Å². The molecule has 1 atom stereocenters. The van der Waals surface area contributed by atoms with Crippen molar-refractivity contribution in [2.24, 2.45) is 5.10 Å². The third-order valence-electron chi connectivity index (χ3n) is 6.19. The van der Waals surface area contributed by atoms with Crippen LogP contribution in [-0.4, -0.2) is 35.1 Å². The highest BCUT2D eigenvalue weighted by Crippen LogP contribution is 2.28. The molecule has 4 N–H and O–H groups in total. The number of amides is 4. The van der Waals surface area contributed by atoms with E-state index in [0.717, 1.165) is 5.01 Å². The summed E-state index contributed by atoms with van der Waals surface area (Å²) in [5, 5.41) is 16.8. The van der Waals surface area contributed by atoms with E-state index in [9.17, 15) is 19.2 Å². The largest absolute Gasteiger partial charge is 0.348 e. The normalized spacial score (nSPS) is 16.0. The van der Waals surface area contributed by atoms with Gasteiger partial charge in [0.2, 0.25) is 5.91 Å². The lowest BCUT2D eigenvalue weighted by atomic mass is 10.1. The van der Waals surface area contributed by atoms with Crippen molar-refractivity contribution in [2.45, 2.75) is 12.6 Å². The molecule has 1 aliphatic heterocycles. The van der Waals surface area contributed by atoms with Gasteiger partial charge < -0.3 is 21.3 Å². The van der Waals surface area contributed by atoms with E-state index in [4.69, 9.17) is 0 Å². The summed E-state index contributed by atoms with van der Waals surface area (Å²) in [6, 6.07) is 32.5. The highest BCUT2D eigenvalue weighted by atomic mass is 16.2. The number of amidine groups is 1. The van der Waals surface area contributed by atoms with Crippen LogP contribution in [-0.2, 0) is 9.59 Å². The van der Waals surface area contributed by atoms with Crippen molar-refractivity contribution in [3.8, 4) is 0 Å². The highest BCUT2D eigenvalue weighted by molar-refractivity contribution is 6.28. The van der Waals surface area contributed by atoms with E-state index < -0.39 is 29.3 Å². The molecule has 10 heteroatoms. The Morgan fingerprint density at radius 2 is 1.22 bits per heavy atom. The molecule has 0 fully saturated rings. The predicted octanol–water partition coefficient (Wildman–Crippen LogP) is 3.97. The molecule has 0 radical (unpaired) electrons. The van der Waals surface area contributed by atoms with Gasteiger partial charge in [0.1, 0.15) is 0 Å². The monoisotopic (exact) mass is 546 g/mol. The molecule has 41 heavy (non-hydrogen) atoms. The van der Waals surface area contributed by atoms with Crippen LogP contribution in [0.3, 0.4) is 0 Å². The van der Waals surface area contributed by atoms with Crippen molar-refractivity contribution >= 4 is 46.5 Å². The highest BCUT2D eigenvalue weighted by Gasteiger charge is 2.54. The second-order valence-electron chi connectivity index (χ2n) is 9.18. The standard InChI is InChI=1S/C31H26N6O4/c1-21(38)34-31(35-25-16-7-3-8-17-25)29(36-37(30(31)41)26-18-9-4-10-19-26)33-28(40)23-13-11-12-22(20-23)27(39)32-24-14-5-2-6-15-24/h2-20,35H,1H3,(H,32,39)(H,34,38)(H,33,36,40). The van der Waals surface area contributed by atoms with Gasteiger partial charge in [-0.05, 0) is 54.6 Å². The van der Waals surface area contributed by atoms with E-state index >= 15 is 0 Å². The second-order valence-corrected chi connectivity index (χ2v) is 9.18. The number of benzene rings is 4. The molecular formula is C31H26N6O4. The summed E-state index contributed by atoms with van der Waals surface area (Å²) < 4.78 is 0. The van der Waals surface area contributed by atoms with E-state index in [2.05, 4.69) is 26.4 Å². The molecule has 4 aromatic rings. The maximum absolute atomic E-state index is 13.9. The van der Waals surface area contributed by atoms with Gasteiger partial charge in [-0.15, -0.1) is 5.10 Å². The first kappa shape index (κ1) is 26.8. The summed E-state index contributed by atoms with van der Waals surface area (Å²) in [6.45, 7) is 1.27. The van der Waals surface area contributed by atoms with E-state index in [-0.39, 0.29) is 17.0 Å². The average Bonchev–Trinajstić information content (AvgIpc) is 3.24. The number of hydrogen-bond acceptors (Lipinski definition) is 6. The number of nitrogens with zero attached hydrogens (tertiary/aromatic N) is 2. The Kier molecular flexibility index (Phi) is 7.55.